The number of rotatable bonds is 6. The van der Waals surface area contributed by atoms with E-state index in [0.717, 1.165) is 10.8 Å². The highest BCUT2D eigenvalue weighted by molar-refractivity contribution is 7.89. The third-order valence-corrected chi connectivity index (χ3v) is 6.41. The molecule has 140 valence electrons. The molecule has 2 aromatic rings. The highest BCUT2D eigenvalue weighted by Crippen LogP contribution is 2.22. The zero-order valence-electron chi connectivity index (χ0n) is 14.5. The number of aliphatic hydroxyl groups excluding tert-OH is 1. The predicted molar refractivity (Wildman–Crippen MR) is 99.2 cm³/mol. The summed E-state index contributed by atoms with van der Waals surface area (Å²) >= 11 is 0. The standard InChI is InChI=1S/C18H23N3O4S/c22-12-7-19-14-18(23)20-8-10-21(11-9-20)26(24,25)17-6-5-15-3-1-2-4-16(15)13-17/h1-6,13,19,22H,7-12,14H2. The van der Waals surface area contributed by atoms with E-state index in [1.54, 1.807) is 17.0 Å². The van der Waals surface area contributed by atoms with Gasteiger partial charge in [-0.2, -0.15) is 4.31 Å². The van der Waals surface area contributed by atoms with Crippen molar-refractivity contribution in [1.82, 2.24) is 14.5 Å². The van der Waals surface area contributed by atoms with Crippen molar-refractivity contribution in [3.05, 3.63) is 42.5 Å². The van der Waals surface area contributed by atoms with Gasteiger partial charge in [-0.3, -0.25) is 4.79 Å². The summed E-state index contributed by atoms with van der Waals surface area (Å²) in [5, 5.41) is 13.5. The van der Waals surface area contributed by atoms with Crippen LogP contribution in [0.25, 0.3) is 10.8 Å². The van der Waals surface area contributed by atoms with Crippen molar-refractivity contribution in [2.45, 2.75) is 4.90 Å². The van der Waals surface area contributed by atoms with Gasteiger partial charge >= 0.3 is 0 Å². The first kappa shape index (κ1) is 18.8. The topological polar surface area (TPSA) is 89.9 Å². The molecule has 0 aromatic heterocycles. The van der Waals surface area contributed by atoms with Gasteiger partial charge in [-0.15, -0.1) is 0 Å². The van der Waals surface area contributed by atoms with Gasteiger partial charge in [-0.25, -0.2) is 8.42 Å². The normalized spacial score (nSPS) is 16.1. The van der Waals surface area contributed by atoms with Gasteiger partial charge in [-0.05, 0) is 22.9 Å². The lowest BCUT2D eigenvalue weighted by Crippen LogP contribution is -2.52. The van der Waals surface area contributed by atoms with Gasteiger partial charge < -0.3 is 15.3 Å². The first-order chi connectivity index (χ1) is 12.5. The lowest BCUT2D eigenvalue weighted by molar-refractivity contribution is -0.131. The summed E-state index contributed by atoms with van der Waals surface area (Å²) in [5.74, 6) is -0.0822. The van der Waals surface area contributed by atoms with Gasteiger partial charge in [0.05, 0.1) is 18.0 Å². The maximum Gasteiger partial charge on any atom is 0.243 e. The molecule has 7 nitrogen and oxygen atoms in total. The number of amides is 1. The molecule has 3 rings (SSSR count). The molecule has 1 saturated heterocycles. The molecule has 0 unspecified atom stereocenters. The lowest BCUT2D eigenvalue weighted by atomic mass is 10.1. The van der Waals surface area contributed by atoms with Gasteiger partial charge in [0.15, 0.2) is 0 Å². The number of aliphatic hydroxyl groups is 1. The summed E-state index contributed by atoms with van der Waals surface area (Å²) in [6.07, 6.45) is 0. The fourth-order valence-corrected chi connectivity index (χ4v) is 4.50. The first-order valence-electron chi connectivity index (χ1n) is 8.60. The Morgan fingerprint density at radius 3 is 2.42 bits per heavy atom. The van der Waals surface area contributed by atoms with E-state index >= 15 is 0 Å². The summed E-state index contributed by atoms with van der Waals surface area (Å²) in [4.78, 5) is 14.0. The number of nitrogens with one attached hydrogen (secondary N) is 1. The van der Waals surface area contributed by atoms with Crippen molar-refractivity contribution in [2.75, 3.05) is 45.9 Å². The molecule has 0 saturated carbocycles. The molecule has 1 heterocycles. The van der Waals surface area contributed by atoms with Crippen molar-refractivity contribution < 1.29 is 18.3 Å². The number of carbonyl (C=O) groups is 1. The minimum absolute atomic E-state index is 0.0228. The summed E-state index contributed by atoms with van der Waals surface area (Å²) in [7, 11) is -3.58. The second-order valence-corrected chi connectivity index (χ2v) is 8.13. The van der Waals surface area contributed by atoms with Gasteiger partial charge in [0, 0.05) is 32.7 Å². The second kappa shape index (κ2) is 8.13. The average molecular weight is 377 g/mol. The number of carbonyl (C=O) groups excluding carboxylic acids is 1. The Bertz CT molecular complexity index is 877. The van der Waals surface area contributed by atoms with Crippen LogP contribution in [0.4, 0.5) is 0 Å². The van der Waals surface area contributed by atoms with E-state index < -0.39 is 10.0 Å². The molecular weight excluding hydrogens is 354 g/mol. The summed E-state index contributed by atoms with van der Waals surface area (Å²) in [5.41, 5.74) is 0. The van der Waals surface area contributed by atoms with Crippen LogP contribution >= 0.6 is 0 Å². The molecular formula is C18H23N3O4S. The number of piperazine rings is 1. The molecule has 8 heteroatoms. The molecule has 0 spiro atoms. The largest absolute Gasteiger partial charge is 0.395 e. The molecule has 0 aliphatic carbocycles. The molecule has 26 heavy (non-hydrogen) atoms. The summed E-state index contributed by atoms with van der Waals surface area (Å²) in [6.45, 7) is 1.78. The summed E-state index contributed by atoms with van der Waals surface area (Å²) < 4.78 is 27.2. The monoisotopic (exact) mass is 377 g/mol. The van der Waals surface area contributed by atoms with Crippen molar-refractivity contribution in [3.63, 3.8) is 0 Å². The van der Waals surface area contributed by atoms with Gasteiger partial charge in [0.25, 0.3) is 0 Å². The van der Waals surface area contributed by atoms with Crippen LogP contribution in [-0.4, -0.2) is 74.5 Å². The zero-order chi connectivity index (χ0) is 18.6. The van der Waals surface area contributed by atoms with E-state index in [0.29, 0.717) is 19.6 Å². The van der Waals surface area contributed by atoms with Crippen LogP contribution in [0.2, 0.25) is 0 Å². The van der Waals surface area contributed by atoms with Crippen LogP contribution < -0.4 is 5.32 Å². The Morgan fingerprint density at radius 1 is 1.04 bits per heavy atom. The maximum absolute atomic E-state index is 12.9. The molecule has 0 radical (unpaired) electrons. The van der Waals surface area contributed by atoms with Crippen LogP contribution in [0.1, 0.15) is 0 Å². The minimum atomic E-state index is -3.58. The van der Waals surface area contributed by atoms with E-state index in [1.807, 2.05) is 30.3 Å². The number of hydrogen-bond acceptors (Lipinski definition) is 5. The third-order valence-electron chi connectivity index (χ3n) is 4.51. The Balaban J connectivity index is 1.66. The number of benzene rings is 2. The van der Waals surface area contributed by atoms with Crippen LogP contribution in [0, 0.1) is 0 Å². The Labute approximate surface area is 153 Å². The molecule has 2 aromatic carbocycles. The Kier molecular flexibility index (Phi) is 5.87. The van der Waals surface area contributed by atoms with Gasteiger partial charge in [0.1, 0.15) is 0 Å². The first-order valence-corrected chi connectivity index (χ1v) is 10.0. The van der Waals surface area contributed by atoms with E-state index in [1.165, 1.54) is 4.31 Å². The van der Waals surface area contributed by atoms with Crippen LogP contribution in [0.15, 0.2) is 47.4 Å². The van der Waals surface area contributed by atoms with E-state index in [-0.39, 0.29) is 37.0 Å². The fraction of sp³-hybridized carbons (Fsp3) is 0.389. The Hall–Kier alpha value is -2.00. The number of fused-ring (bicyclic) bond motifs is 1. The highest BCUT2D eigenvalue weighted by atomic mass is 32.2. The number of nitrogens with zero attached hydrogens (tertiary/aromatic N) is 2. The van der Waals surface area contributed by atoms with Crippen LogP contribution in [0.5, 0.6) is 0 Å². The minimum Gasteiger partial charge on any atom is -0.395 e. The SMILES string of the molecule is O=C(CNCCO)N1CCN(S(=O)(=O)c2ccc3ccccc3c2)CC1. The molecule has 2 N–H and O–H groups in total. The molecule has 1 aliphatic rings. The summed E-state index contributed by atoms with van der Waals surface area (Å²) in [6, 6.07) is 12.8. The molecule has 0 bridgehead atoms. The molecule has 0 atom stereocenters. The fourth-order valence-electron chi connectivity index (χ4n) is 3.04. The predicted octanol–water partition coefficient (Wildman–Crippen LogP) is 0.255. The third kappa shape index (κ3) is 4.04. The zero-order valence-corrected chi connectivity index (χ0v) is 15.3. The Morgan fingerprint density at radius 2 is 1.73 bits per heavy atom. The van der Waals surface area contributed by atoms with Crippen molar-refractivity contribution in [1.29, 1.82) is 0 Å². The van der Waals surface area contributed by atoms with Crippen molar-refractivity contribution in [2.24, 2.45) is 0 Å². The number of hydrogen-bond donors (Lipinski definition) is 2. The average Bonchev–Trinajstić information content (AvgIpc) is 2.67. The van der Waals surface area contributed by atoms with Crippen LogP contribution in [0.3, 0.4) is 0 Å². The van der Waals surface area contributed by atoms with Crippen molar-refractivity contribution in [3.8, 4) is 0 Å². The maximum atomic E-state index is 12.9. The highest BCUT2D eigenvalue weighted by Gasteiger charge is 2.30. The number of sulfonamides is 1. The molecule has 1 aliphatic heterocycles. The quantitative estimate of drug-likeness (QED) is 0.705. The lowest BCUT2D eigenvalue weighted by Gasteiger charge is -2.34. The van der Waals surface area contributed by atoms with Crippen molar-refractivity contribution >= 4 is 26.7 Å². The second-order valence-electron chi connectivity index (χ2n) is 6.19. The van der Waals surface area contributed by atoms with E-state index in [9.17, 15) is 13.2 Å². The van der Waals surface area contributed by atoms with Crippen LogP contribution in [-0.2, 0) is 14.8 Å². The van der Waals surface area contributed by atoms with E-state index in [2.05, 4.69) is 5.32 Å². The van der Waals surface area contributed by atoms with E-state index in [4.69, 9.17) is 5.11 Å². The molecule has 1 amide bonds. The smallest absolute Gasteiger partial charge is 0.243 e. The molecule has 1 fully saturated rings. The van der Waals surface area contributed by atoms with Gasteiger partial charge in [-0.1, -0.05) is 30.3 Å². The van der Waals surface area contributed by atoms with Gasteiger partial charge in [0.2, 0.25) is 15.9 Å².